The van der Waals surface area contributed by atoms with Gasteiger partial charge in [0.15, 0.2) is 6.61 Å². The van der Waals surface area contributed by atoms with Crippen LogP contribution >= 0.6 is 11.3 Å². The van der Waals surface area contributed by atoms with Crippen molar-refractivity contribution in [2.24, 2.45) is 5.10 Å². The monoisotopic (exact) mass is 283 g/mol. The van der Waals surface area contributed by atoms with Gasteiger partial charge in [-0.15, -0.1) is 16.4 Å². The van der Waals surface area contributed by atoms with E-state index in [1.807, 2.05) is 30.3 Å². The van der Waals surface area contributed by atoms with Gasteiger partial charge in [0.05, 0.1) is 5.69 Å². The van der Waals surface area contributed by atoms with Crippen LogP contribution in [-0.2, 0) is 9.53 Å². The van der Waals surface area contributed by atoms with Gasteiger partial charge in [0.25, 0.3) is 5.91 Å². The largest absolute Gasteiger partial charge is 0.466 e. The Balaban J connectivity index is 2.02. The lowest BCUT2D eigenvalue weighted by molar-refractivity contribution is -0.121. The molecule has 20 heavy (non-hydrogen) atoms. The van der Waals surface area contributed by atoms with Gasteiger partial charge in [-0.1, -0.05) is 18.2 Å². The summed E-state index contributed by atoms with van der Waals surface area (Å²) in [5.41, 5.74) is 1.29. The van der Waals surface area contributed by atoms with Crippen LogP contribution in [-0.4, -0.2) is 18.4 Å². The molecule has 98 valence electrons. The number of benzene rings is 1. The number of hydrazone groups is 1. The molecule has 0 aliphatic carbocycles. The van der Waals surface area contributed by atoms with Gasteiger partial charge in [0, 0.05) is 5.56 Å². The zero-order chi connectivity index (χ0) is 13.9. The van der Waals surface area contributed by atoms with E-state index in [0.717, 1.165) is 5.56 Å². The van der Waals surface area contributed by atoms with Crippen LogP contribution in [0.5, 0.6) is 0 Å². The molecule has 0 bridgehead atoms. The number of carbonyl (C=O) groups excluding carboxylic acids is 1. The molecule has 0 N–H and O–H groups in total. The smallest absolute Gasteiger partial charge is 0.285 e. The average molecular weight is 283 g/mol. The molecule has 0 radical (unpaired) electrons. The summed E-state index contributed by atoms with van der Waals surface area (Å²) in [5.74, 6) is 0.0832. The third-order valence-electron chi connectivity index (χ3n) is 2.75. The summed E-state index contributed by atoms with van der Waals surface area (Å²) in [6, 6.07) is 13.1. The van der Waals surface area contributed by atoms with Crippen LogP contribution in [0.4, 0.5) is 5.69 Å². The van der Waals surface area contributed by atoms with Crippen molar-refractivity contribution in [3.05, 3.63) is 52.2 Å². The molecule has 0 unspecified atom stereocenters. The fourth-order valence-corrected chi connectivity index (χ4v) is 2.49. The predicted molar refractivity (Wildman–Crippen MR) is 75.5 cm³/mol. The first kappa shape index (κ1) is 12.4. The van der Waals surface area contributed by atoms with Gasteiger partial charge in [-0.3, -0.25) is 4.79 Å². The lowest BCUT2D eigenvalue weighted by Crippen LogP contribution is -2.36. The van der Waals surface area contributed by atoms with Gasteiger partial charge in [0.1, 0.15) is 10.9 Å². The first-order chi connectivity index (χ1) is 9.79. The highest BCUT2D eigenvalue weighted by molar-refractivity contribution is 7.11. The molecule has 0 saturated carbocycles. The maximum Gasteiger partial charge on any atom is 0.285 e. The average Bonchev–Trinajstić information content (AvgIpc) is 2.97. The SMILES string of the molecule is N#Cc1sccc1N1N=C(c2ccccc2)OCC1=O. The van der Waals surface area contributed by atoms with Crippen molar-refractivity contribution in [3.63, 3.8) is 0 Å². The normalized spacial score (nSPS) is 14.4. The molecule has 0 saturated heterocycles. The van der Waals surface area contributed by atoms with Crippen molar-refractivity contribution in [3.8, 4) is 6.07 Å². The quantitative estimate of drug-likeness (QED) is 0.849. The molecule has 1 amide bonds. The third-order valence-corrected chi connectivity index (χ3v) is 3.56. The van der Waals surface area contributed by atoms with Crippen LogP contribution in [0.3, 0.4) is 0 Å². The molecule has 0 fully saturated rings. The fourth-order valence-electron chi connectivity index (χ4n) is 1.83. The first-order valence-corrected chi connectivity index (χ1v) is 6.75. The van der Waals surface area contributed by atoms with Gasteiger partial charge >= 0.3 is 0 Å². The Hall–Kier alpha value is -2.65. The Morgan fingerprint density at radius 2 is 2.10 bits per heavy atom. The maximum atomic E-state index is 11.9. The Labute approximate surface area is 119 Å². The number of hydrogen-bond donors (Lipinski definition) is 0. The van der Waals surface area contributed by atoms with Gasteiger partial charge in [0.2, 0.25) is 5.90 Å². The predicted octanol–water partition coefficient (Wildman–Crippen LogP) is 2.34. The molecule has 1 aliphatic rings. The number of anilines is 1. The van der Waals surface area contributed by atoms with Crippen LogP contribution in [0.2, 0.25) is 0 Å². The van der Waals surface area contributed by atoms with E-state index in [9.17, 15) is 4.79 Å². The number of rotatable bonds is 2. The summed E-state index contributed by atoms with van der Waals surface area (Å²) in [4.78, 5) is 12.4. The fraction of sp³-hybridized carbons (Fsp3) is 0.0714. The van der Waals surface area contributed by atoms with Crippen LogP contribution in [0, 0.1) is 11.3 Å². The molecule has 1 aliphatic heterocycles. The molecule has 5 nitrogen and oxygen atoms in total. The minimum atomic E-state index is -0.292. The van der Waals surface area contributed by atoms with Crippen molar-refractivity contribution in [2.45, 2.75) is 0 Å². The van der Waals surface area contributed by atoms with Crippen LogP contribution in [0.1, 0.15) is 10.4 Å². The second-order valence-corrected chi connectivity index (χ2v) is 4.93. The molecular weight excluding hydrogens is 274 g/mol. The van der Waals surface area contributed by atoms with Gasteiger partial charge in [-0.05, 0) is 23.6 Å². The first-order valence-electron chi connectivity index (χ1n) is 5.87. The van der Waals surface area contributed by atoms with E-state index in [-0.39, 0.29) is 12.5 Å². The number of nitriles is 1. The van der Waals surface area contributed by atoms with Crippen molar-refractivity contribution >= 4 is 28.8 Å². The highest BCUT2D eigenvalue weighted by Crippen LogP contribution is 2.27. The second kappa shape index (κ2) is 5.15. The second-order valence-electron chi connectivity index (χ2n) is 4.01. The lowest BCUT2D eigenvalue weighted by Gasteiger charge is -2.23. The summed E-state index contributed by atoms with van der Waals surface area (Å²) >= 11 is 1.28. The Morgan fingerprint density at radius 1 is 1.30 bits per heavy atom. The van der Waals surface area contributed by atoms with E-state index in [2.05, 4.69) is 11.2 Å². The van der Waals surface area contributed by atoms with E-state index >= 15 is 0 Å². The molecular formula is C14H9N3O2S. The third kappa shape index (κ3) is 2.15. The van der Waals surface area contributed by atoms with E-state index in [1.165, 1.54) is 16.3 Å². The van der Waals surface area contributed by atoms with Gasteiger partial charge < -0.3 is 4.74 Å². The summed E-state index contributed by atoms with van der Waals surface area (Å²) in [6.07, 6.45) is 0. The molecule has 2 aromatic rings. The van der Waals surface area contributed by atoms with Crippen molar-refractivity contribution in [1.82, 2.24) is 0 Å². The zero-order valence-corrected chi connectivity index (χ0v) is 11.1. The number of amides is 1. The van der Waals surface area contributed by atoms with Crippen LogP contribution < -0.4 is 5.01 Å². The van der Waals surface area contributed by atoms with Crippen molar-refractivity contribution in [2.75, 3.05) is 11.6 Å². The molecule has 1 aromatic carbocycles. The Kier molecular flexibility index (Phi) is 3.19. The molecule has 1 aromatic heterocycles. The topological polar surface area (TPSA) is 65.7 Å². The van der Waals surface area contributed by atoms with E-state index in [4.69, 9.17) is 10.00 Å². The molecule has 0 atom stereocenters. The summed E-state index contributed by atoms with van der Waals surface area (Å²) in [7, 11) is 0. The molecule has 0 spiro atoms. The summed E-state index contributed by atoms with van der Waals surface area (Å²) in [6.45, 7) is -0.0888. The highest BCUT2D eigenvalue weighted by Gasteiger charge is 2.26. The maximum absolute atomic E-state index is 11.9. The minimum Gasteiger partial charge on any atom is -0.466 e. The summed E-state index contributed by atoms with van der Waals surface area (Å²) < 4.78 is 5.36. The number of nitrogens with zero attached hydrogens (tertiary/aromatic N) is 3. The van der Waals surface area contributed by atoms with Gasteiger partial charge in [-0.25, -0.2) is 0 Å². The molecule has 3 rings (SSSR count). The molecule has 2 heterocycles. The zero-order valence-electron chi connectivity index (χ0n) is 10.3. The van der Waals surface area contributed by atoms with Crippen molar-refractivity contribution < 1.29 is 9.53 Å². The Morgan fingerprint density at radius 3 is 2.85 bits per heavy atom. The van der Waals surface area contributed by atoms with Crippen LogP contribution in [0.25, 0.3) is 0 Å². The lowest BCUT2D eigenvalue weighted by atomic mass is 10.2. The summed E-state index contributed by atoms with van der Waals surface area (Å²) in [5, 5.41) is 16.3. The standard InChI is InChI=1S/C14H9N3O2S/c15-8-12-11(6-7-20-12)17-13(18)9-19-14(16-17)10-4-2-1-3-5-10/h1-7H,9H2. The van der Waals surface area contributed by atoms with Crippen molar-refractivity contribution in [1.29, 1.82) is 5.26 Å². The molecule has 6 heteroatoms. The van der Waals surface area contributed by atoms with E-state index in [1.54, 1.807) is 11.4 Å². The van der Waals surface area contributed by atoms with E-state index in [0.29, 0.717) is 16.5 Å². The number of carbonyl (C=O) groups is 1. The van der Waals surface area contributed by atoms with Crippen LogP contribution in [0.15, 0.2) is 46.9 Å². The number of hydrogen-bond acceptors (Lipinski definition) is 5. The Bertz CT molecular complexity index is 716. The number of ether oxygens (including phenoxy) is 1. The number of thiophene rings is 1. The van der Waals surface area contributed by atoms with Gasteiger partial charge in [-0.2, -0.15) is 10.3 Å². The van der Waals surface area contributed by atoms with E-state index < -0.39 is 0 Å². The highest BCUT2D eigenvalue weighted by atomic mass is 32.1. The minimum absolute atomic E-state index is 0.0888.